The van der Waals surface area contributed by atoms with Gasteiger partial charge in [0, 0.05) is 18.0 Å². The average molecular weight is 393 g/mol. The second-order valence-electron chi connectivity index (χ2n) is 7.04. The van der Waals surface area contributed by atoms with Gasteiger partial charge < -0.3 is 16.0 Å². The number of hydrogen-bond acceptors (Lipinski definition) is 4. The van der Waals surface area contributed by atoms with E-state index in [1.165, 1.54) is 12.8 Å². The number of hydrogen-bond donors (Lipinski definition) is 3. The van der Waals surface area contributed by atoms with E-state index in [0.29, 0.717) is 23.2 Å². The molecule has 0 aliphatic carbocycles. The van der Waals surface area contributed by atoms with Gasteiger partial charge in [0.15, 0.2) is 0 Å². The maximum Gasteiger partial charge on any atom is 0.329 e. The minimum atomic E-state index is -0.679. The van der Waals surface area contributed by atoms with Gasteiger partial charge >= 0.3 is 6.03 Å². The minimum absolute atomic E-state index is 0.0919. The van der Waals surface area contributed by atoms with Crippen LogP contribution in [0, 0.1) is 5.92 Å². The van der Waals surface area contributed by atoms with Crippen molar-refractivity contribution < 1.29 is 14.4 Å². The number of rotatable bonds is 7. The Morgan fingerprint density at radius 2 is 2.00 bits per heavy atom. The third-order valence-corrected chi connectivity index (χ3v) is 5.29. The molecule has 2 aliphatic heterocycles. The zero-order valence-corrected chi connectivity index (χ0v) is 15.9. The predicted octanol–water partition coefficient (Wildman–Crippen LogP) is 2.05. The Morgan fingerprint density at radius 1 is 1.22 bits per heavy atom. The van der Waals surface area contributed by atoms with Crippen LogP contribution in [0.25, 0.3) is 0 Å². The summed E-state index contributed by atoms with van der Waals surface area (Å²) in [5, 5.41) is 9.45. The third-order valence-electron chi connectivity index (χ3n) is 5.04. The Labute approximate surface area is 163 Å². The molecule has 2 aliphatic rings. The van der Waals surface area contributed by atoms with Gasteiger partial charge in [0.25, 0.3) is 5.91 Å². The van der Waals surface area contributed by atoms with E-state index in [2.05, 4.69) is 16.0 Å². The molecule has 8 heteroatoms. The van der Waals surface area contributed by atoms with Crippen molar-refractivity contribution >= 4 is 35.1 Å². The molecule has 4 amide bonds. The highest BCUT2D eigenvalue weighted by atomic mass is 35.5. The summed E-state index contributed by atoms with van der Waals surface area (Å²) in [5.41, 5.74) is 0.468. The van der Waals surface area contributed by atoms with E-state index < -0.39 is 12.1 Å². The number of amides is 4. The van der Waals surface area contributed by atoms with Crippen molar-refractivity contribution in [3.05, 3.63) is 29.3 Å². The summed E-state index contributed by atoms with van der Waals surface area (Å²) in [7, 11) is 0. The van der Waals surface area contributed by atoms with Crippen LogP contribution in [0.5, 0.6) is 0 Å². The number of imide groups is 1. The van der Waals surface area contributed by atoms with E-state index >= 15 is 0 Å². The quantitative estimate of drug-likeness (QED) is 0.619. The first kappa shape index (κ1) is 19.6. The molecular formula is C19H25ClN4O3. The predicted molar refractivity (Wildman–Crippen MR) is 104 cm³/mol. The Balaban J connectivity index is 1.42. The first-order chi connectivity index (χ1) is 13.0. The molecule has 2 heterocycles. The van der Waals surface area contributed by atoms with Crippen molar-refractivity contribution in [2.45, 2.75) is 38.1 Å². The van der Waals surface area contributed by atoms with Crippen LogP contribution in [0.2, 0.25) is 5.02 Å². The first-order valence-electron chi connectivity index (χ1n) is 9.42. The summed E-state index contributed by atoms with van der Waals surface area (Å²) in [6, 6.07) is 5.34. The fraction of sp³-hybridized carbons (Fsp3) is 0.526. The van der Waals surface area contributed by atoms with Gasteiger partial charge in [-0.15, -0.1) is 0 Å². The van der Waals surface area contributed by atoms with Crippen LogP contribution in [0.15, 0.2) is 24.3 Å². The highest BCUT2D eigenvalue weighted by molar-refractivity contribution is 6.30. The van der Waals surface area contributed by atoms with Gasteiger partial charge in [0.05, 0.1) is 5.69 Å². The Hall–Kier alpha value is -2.12. The number of carbonyl (C=O) groups is 3. The summed E-state index contributed by atoms with van der Waals surface area (Å²) >= 11 is 5.84. The monoisotopic (exact) mass is 392 g/mol. The van der Waals surface area contributed by atoms with Crippen molar-refractivity contribution in [3.63, 3.8) is 0 Å². The lowest BCUT2D eigenvalue weighted by molar-refractivity contribution is -0.121. The van der Waals surface area contributed by atoms with Gasteiger partial charge in [0.1, 0.15) is 6.04 Å². The molecule has 0 aromatic heterocycles. The Kier molecular flexibility index (Phi) is 6.68. The molecule has 2 fully saturated rings. The van der Waals surface area contributed by atoms with Crippen molar-refractivity contribution in [2.75, 3.05) is 24.5 Å². The van der Waals surface area contributed by atoms with Crippen LogP contribution in [-0.2, 0) is 9.59 Å². The van der Waals surface area contributed by atoms with Crippen molar-refractivity contribution in [1.29, 1.82) is 0 Å². The molecule has 1 aromatic rings. The lowest BCUT2D eigenvalue weighted by Crippen LogP contribution is -2.34. The second-order valence-corrected chi connectivity index (χ2v) is 7.48. The maximum atomic E-state index is 12.5. The number of anilines is 1. The summed E-state index contributed by atoms with van der Waals surface area (Å²) < 4.78 is 0. The SMILES string of the molecule is O=C(CCC1NC(=O)N(c2ccc(Cl)cc2)C1=O)NCCC1CCCNC1. The molecule has 7 nitrogen and oxygen atoms in total. The topological polar surface area (TPSA) is 90.5 Å². The maximum absolute atomic E-state index is 12.5. The fourth-order valence-electron chi connectivity index (χ4n) is 3.51. The highest BCUT2D eigenvalue weighted by Crippen LogP contribution is 2.23. The zero-order chi connectivity index (χ0) is 19.2. The van der Waals surface area contributed by atoms with E-state index in [1.54, 1.807) is 24.3 Å². The molecule has 2 saturated heterocycles. The second kappa shape index (κ2) is 9.19. The molecule has 27 heavy (non-hydrogen) atoms. The molecule has 3 N–H and O–H groups in total. The number of nitrogens with one attached hydrogen (secondary N) is 3. The molecule has 2 unspecified atom stereocenters. The first-order valence-corrected chi connectivity index (χ1v) is 9.80. The normalized spacial score (nSPS) is 22.6. The largest absolute Gasteiger partial charge is 0.356 e. The smallest absolute Gasteiger partial charge is 0.329 e. The summed E-state index contributed by atoms with van der Waals surface area (Å²) in [4.78, 5) is 37.8. The summed E-state index contributed by atoms with van der Waals surface area (Å²) in [5.74, 6) is 0.178. The lowest BCUT2D eigenvalue weighted by Gasteiger charge is -2.22. The highest BCUT2D eigenvalue weighted by Gasteiger charge is 2.38. The van der Waals surface area contributed by atoms with E-state index in [-0.39, 0.29) is 24.7 Å². The van der Waals surface area contributed by atoms with Crippen LogP contribution < -0.4 is 20.9 Å². The summed E-state index contributed by atoms with van der Waals surface area (Å²) in [6.07, 6.45) is 3.83. The van der Waals surface area contributed by atoms with Crippen molar-refractivity contribution in [2.24, 2.45) is 5.92 Å². The number of piperidine rings is 1. The zero-order valence-electron chi connectivity index (χ0n) is 15.2. The third kappa shape index (κ3) is 5.20. The van der Waals surface area contributed by atoms with Gasteiger partial charge in [-0.05, 0) is 69.0 Å². The van der Waals surface area contributed by atoms with E-state index in [9.17, 15) is 14.4 Å². The molecule has 0 radical (unpaired) electrons. The van der Waals surface area contributed by atoms with Crippen molar-refractivity contribution in [1.82, 2.24) is 16.0 Å². The number of halogens is 1. The Morgan fingerprint density at radius 3 is 2.70 bits per heavy atom. The molecule has 2 atom stereocenters. The molecule has 0 saturated carbocycles. The molecule has 146 valence electrons. The van der Waals surface area contributed by atoms with Gasteiger partial charge in [-0.3, -0.25) is 9.59 Å². The van der Waals surface area contributed by atoms with Crippen LogP contribution in [0.3, 0.4) is 0 Å². The van der Waals surface area contributed by atoms with Crippen LogP contribution in [-0.4, -0.2) is 43.5 Å². The number of carbonyl (C=O) groups excluding carboxylic acids is 3. The van der Waals surface area contributed by atoms with Crippen molar-refractivity contribution in [3.8, 4) is 0 Å². The molecular weight excluding hydrogens is 368 g/mol. The van der Waals surface area contributed by atoms with E-state index in [1.807, 2.05) is 0 Å². The van der Waals surface area contributed by atoms with Crippen LogP contribution in [0.1, 0.15) is 32.1 Å². The Bertz CT molecular complexity index is 689. The average Bonchev–Trinajstić information content (AvgIpc) is 2.95. The standard InChI is InChI=1S/C19H25ClN4O3/c20-14-3-5-15(6-4-14)24-18(26)16(23-19(24)27)7-8-17(25)22-11-9-13-2-1-10-21-12-13/h3-6,13,16,21H,1-2,7-12H2,(H,22,25)(H,23,27). The van der Waals surface area contributed by atoms with E-state index in [0.717, 1.165) is 24.4 Å². The minimum Gasteiger partial charge on any atom is -0.356 e. The molecule has 3 rings (SSSR count). The van der Waals surface area contributed by atoms with Gasteiger partial charge in [-0.25, -0.2) is 9.69 Å². The van der Waals surface area contributed by atoms with Crippen LogP contribution >= 0.6 is 11.6 Å². The fourth-order valence-corrected chi connectivity index (χ4v) is 3.64. The lowest BCUT2D eigenvalue weighted by atomic mass is 9.96. The summed E-state index contributed by atoms with van der Waals surface area (Å²) in [6.45, 7) is 2.74. The number of nitrogens with zero attached hydrogens (tertiary/aromatic N) is 1. The van der Waals surface area contributed by atoms with Gasteiger partial charge in [0.2, 0.25) is 5.91 Å². The van der Waals surface area contributed by atoms with Gasteiger partial charge in [-0.1, -0.05) is 11.6 Å². The number of urea groups is 1. The molecule has 0 spiro atoms. The molecule has 1 aromatic carbocycles. The number of benzene rings is 1. The van der Waals surface area contributed by atoms with Crippen LogP contribution in [0.4, 0.5) is 10.5 Å². The van der Waals surface area contributed by atoms with E-state index in [4.69, 9.17) is 11.6 Å². The van der Waals surface area contributed by atoms with Gasteiger partial charge in [-0.2, -0.15) is 0 Å². The molecule has 0 bridgehead atoms.